The van der Waals surface area contributed by atoms with E-state index in [0.29, 0.717) is 10.0 Å². The Labute approximate surface area is 107 Å². The molecule has 0 unspecified atom stereocenters. The predicted molar refractivity (Wildman–Crippen MR) is 64.9 cm³/mol. The Balaban J connectivity index is 2.11. The molecule has 0 aliphatic heterocycles. The van der Waals surface area contributed by atoms with Crippen LogP contribution in [0.1, 0.15) is 25.8 Å². The molecule has 0 aliphatic rings. The number of amides is 1. The van der Waals surface area contributed by atoms with Crippen LogP contribution in [0.4, 0.5) is 5.13 Å². The molecule has 94 valence electrons. The van der Waals surface area contributed by atoms with Gasteiger partial charge in [0, 0.05) is 5.56 Å². The van der Waals surface area contributed by atoms with Gasteiger partial charge in [-0.15, -0.1) is 0 Å². The Kier molecular flexibility index (Phi) is 3.42. The number of rotatable bonds is 3. The van der Waals surface area contributed by atoms with Crippen molar-refractivity contribution in [3.05, 3.63) is 34.7 Å². The van der Waals surface area contributed by atoms with Gasteiger partial charge >= 0.3 is 5.97 Å². The Morgan fingerprint density at radius 1 is 1.50 bits per heavy atom. The smallest absolute Gasteiger partial charge is 0.349 e. The van der Waals surface area contributed by atoms with Crippen molar-refractivity contribution in [2.75, 3.05) is 12.4 Å². The summed E-state index contributed by atoms with van der Waals surface area (Å²) in [4.78, 5) is 27.2. The van der Waals surface area contributed by atoms with Crippen LogP contribution in [0.15, 0.2) is 22.9 Å². The highest BCUT2D eigenvalue weighted by Crippen LogP contribution is 2.20. The number of hydrogen-bond acceptors (Lipinski definition) is 6. The number of aromatic nitrogens is 1. The van der Waals surface area contributed by atoms with Crippen LogP contribution in [-0.2, 0) is 4.74 Å². The molecule has 1 N–H and O–H groups in total. The summed E-state index contributed by atoms with van der Waals surface area (Å²) < 4.78 is 9.59. The monoisotopic (exact) mass is 266 g/mol. The number of esters is 1. The van der Waals surface area contributed by atoms with Crippen molar-refractivity contribution >= 4 is 28.3 Å². The van der Waals surface area contributed by atoms with Crippen LogP contribution in [0.3, 0.4) is 0 Å². The van der Waals surface area contributed by atoms with Gasteiger partial charge in [-0.3, -0.25) is 10.1 Å². The van der Waals surface area contributed by atoms with Crippen molar-refractivity contribution in [2.24, 2.45) is 0 Å². The second-order valence-corrected chi connectivity index (χ2v) is 4.44. The number of anilines is 1. The van der Waals surface area contributed by atoms with E-state index in [1.165, 1.54) is 19.6 Å². The number of nitrogens with zero attached hydrogens (tertiary/aromatic N) is 1. The number of thiazole rings is 1. The second kappa shape index (κ2) is 5.01. The zero-order chi connectivity index (χ0) is 13.1. The summed E-state index contributed by atoms with van der Waals surface area (Å²) in [5.41, 5.74) is 0.734. The quantitative estimate of drug-likeness (QED) is 0.860. The first-order valence-corrected chi connectivity index (χ1v) is 5.83. The van der Waals surface area contributed by atoms with Gasteiger partial charge in [0.25, 0.3) is 5.91 Å². The fourth-order valence-electron chi connectivity index (χ4n) is 1.29. The van der Waals surface area contributed by atoms with Crippen LogP contribution in [0.2, 0.25) is 0 Å². The minimum atomic E-state index is -0.484. The van der Waals surface area contributed by atoms with E-state index >= 15 is 0 Å². The number of carbonyl (C=O) groups excluding carboxylic acids is 2. The lowest BCUT2D eigenvalue weighted by atomic mass is 10.3. The molecule has 6 nitrogen and oxygen atoms in total. The minimum Gasteiger partial charge on any atom is -0.465 e. The number of methoxy groups -OCH3 is 1. The first-order chi connectivity index (χ1) is 8.61. The van der Waals surface area contributed by atoms with Gasteiger partial charge in [0.15, 0.2) is 10.9 Å². The summed E-state index contributed by atoms with van der Waals surface area (Å²) in [6.07, 6.45) is 2.78. The van der Waals surface area contributed by atoms with Crippen molar-refractivity contribution in [3.8, 4) is 0 Å². The molecule has 0 fully saturated rings. The van der Waals surface area contributed by atoms with Gasteiger partial charge in [0.05, 0.1) is 19.6 Å². The maximum absolute atomic E-state index is 11.8. The third-order valence-electron chi connectivity index (χ3n) is 2.18. The number of furan rings is 1. The van der Waals surface area contributed by atoms with Gasteiger partial charge in [-0.25, -0.2) is 9.78 Å². The van der Waals surface area contributed by atoms with E-state index in [-0.39, 0.29) is 5.76 Å². The molecule has 2 rings (SSSR count). The Morgan fingerprint density at radius 2 is 2.28 bits per heavy atom. The molecule has 0 saturated heterocycles. The number of nitrogens with one attached hydrogen (secondary N) is 1. The fraction of sp³-hybridized carbons (Fsp3) is 0.182. The van der Waals surface area contributed by atoms with Crippen LogP contribution < -0.4 is 5.32 Å². The van der Waals surface area contributed by atoms with E-state index in [2.05, 4.69) is 15.0 Å². The predicted octanol–water partition coefficient (Wildman–Crippen LogP) is 2.08. The average Bonchev–Trinajstić information content (AvgIpc) is 2.97. The molecule has 1 amide bonds. The highest BCUT2D eigenvalue weighted by Gasteiger charge is 2.16. The molecule has 0 saturated carbocycles. The lowest BCUT2D eigenvalue weighted by Crippen LogP contribution is -2.11. The Bertz CT molecular complexity index is 587. The zero-order valence-electron chi connectivity index (χ0n) is 9.72. The molecule has 18 heavy (non-hydrogen) atoms. The molecular weight excluding hydrogens is 256 g/mol. The molecule has 0 radical (unpaired) electrons. The largest absolute Gasteiger partial charge is 0.465 e. The highest BCUT2D eigenvalue weighted by molar-refractivity contribution is 7.17. The highest BCUT2D eigenvalue weighted by atomic mass is 32.1. The van der Waals surface area contributed by atoms with Crippen LogP contribution in [0, 0.1) is 6.92 Å². The standard InChI is InChI=1S/C11H10N2O4S/c1-6-3-4-17-8(6)9(14)13-11-12-5-7(18-11)10(15)16-2/h3-5H,1-2H3,(H,12,13,14). The molecular formula is C11H10N2O4S. The average molecular weight is 266 g/mol. The lowest BCUT2D eigenvalue weighted by molar-refractivity contribution is 0.0606. The Hall–Kier alpha value is -2.15. The number of hydrogen-bond donors (Lipinski definition) is 1. The van der Waals surface area contributed by atoms with Crippen molar-refractivity contribution in [2.45, 2.75) is 6.92 Å². The summed E-state index contributed by atoms with van der Waals surface area (Å²) in [5.74, 6) is -0.657. The third-order valence-corrected chi connectivity index (χ3v) is 3.07. The normalized spacial score (nSPS) is 10.1. The zero-order valence-corrected chi connectivity index (χ0v) is 10.5. The molecule has 2 heterocycles. The first-order valence-electron chi connectivity index (χ1n) is 5.01. The number of ether oxygens (including phenoxy) is 1. The maximum Gasteiger partial charge on any atom is 0.349 e. The van der Waals surface area contributed by atoms with E-state index in [4.69, 9.17) is 4.42 Å². The summed E-state index contributed by atoms with van der Waals surface area (Å²) >= 11 is 1.04. The van der Waals surface area contributed by atoms with E-state index < -0.39 is 11.9 Å². The lowest BCUT2D eigenvalue weighted by Gasteiger charge is -1.98. The van der Waals surface area contributed by atoms with E-state index in [1.54, 1.807) is 13.0 Å². The van der Waals surface area contributed by atoms with Crippen LogP contribution in [0.25, 0.3) is 0 Å². The van der Waals surface area contributed by atoms with Gasteiger partial charge in [-0.1, -0.05) is 11.3 Å². The van der Waals surface area contributed by atoms with Gasteiger partial charge in [0.1, 0.15) is 4.88 Å². The second-order valence-electron chi connectivity index (χ2n) is 3.41. The van der Waals surface area contributed by atoms with Gasteiger partial charge in [-0.2, -0.15) is 0 Å². The minimum absolute atomic E-state index is 0.227. The molecule has 7 heteroatoms. The number of carbonyl (C=O) groups is 2. The van der Waals surface area contributed by atoms with Crippen LogP contribution in [0.5, 0.6) is 0 Å². The van der Waals surface area contributed by atoms with Gasteiger partial charge in [-0.05, 0) is 13.0 Å². The molecule has 0 aromatic carbocycles. The van der Waals surface area contributed by atoms with Crippen LogP contribution in [-0.4, -0.2) is 24.0 Å². The molecule has 0 atom stereocenters. The topological polar surface area (TPSA) is 81.4 Å². The molecule has 2 aromatic heterocycles. The van der Waals surface area contributed by atoms with E-state index in [9.17, 15) is 9.59 Å². The van der Waals surface area contributed by atoms with Crippen molar-refractivity contribution in [1.82, 2.24) is 4.98 Å². The van der Waals surface area contributed by atoms with Gasteiger partial charge < -0.3 is 9.15 Å². The SMILES string of the molecule is COC(=O)c1cnc(NC(=O)c2occc2C)s1. The maximum atomic E-state index is 11.8. The molecule has 0 bridgehead atoms. The van der Waals surface area contributed by atoms with Crippen molar-refractivity contribution in [3.63, 3.8) is 0 Å². The number of aryl methyl sites for hydroxylation is 1. The fourth-order valence-corrected chi connectivity index (χ4v) is 2.02. The van der Waals surface area contributed by atoms with Crippen molar-refractivity contribution < 1.29 is 18.7 Å². The van der Waals surface area contributed by atoms with Crippen molar-refractivity contribution in [1.29, 1.82) is 0 Å². The summed E-state index contributed by atoms with van der Waals surface area (Å²) in [6, 6.07) is 1.69. The molecule has 0 spiro atoms. The first kappa shape index (κ1) is 12.3. The molecule has 2 aromatic rings. The Morgan fingerprint density at radius 3 is 2.89 bits per heavy atom. The third kappa shape index (κ3) is 2.40. The van der Waals surface area contributed by atoms with E-state index in [1.807, 2.05) is 0 Å². The summed E-state index contributed by atoms with van der Waals surface area (Å²) in [7, 11) is 1.28. The van der Waals surface area contributed by atoms with Crippen LogP contribution >= 0.6 is 11.3 Å². The van der Waals surface area contributed by atoms with E-state index in [0.717, 1.165) is 16.9 Å². The summed E-state index contributed by atoms with van der Waals surface area (Å²) in [6.45, 7) is 1.76. The molecule has 0 aliphatic carbocycles. The summed E-state index contributed by atoms with van der Waals surface area (Å²) in [5, 5.41) is 2.87. The van der Waals surface area contributed by atoms with Gasteiger partial charge in [0.2, 0.25) is 0 Å².